The standard InChI is InChI=1S/C11H14N2/c1-11(2,3)10-7-8-5-4-6-9(8)12-13-10/h5-7H,4H2,1-3H3. The molecule has 2 rings (SSSR count). The molecule has 0 saturated carbocycles. The Labute approximate surface area is 78.0 Å². The molecule has 0 bridgehead atoms. The molecule has 1 aromatic rings. The van der Waals surface area contributed by atoms with Gasteiger partial charge in [-0.3, -0.25) is 0 Å². The molecule has 0 amide bonds. The summed E-state index contributed by atoms with van der Waals surface area (Å²) in [4.78, 5) is 0. The van der Waals surface area contributed by atoms with Gasteiger partial charge >= 0.3 is 0 Å². The molecule has 68 valence electrons. The molecule has 0 N–H and O–H groups in total. The fourth-order valence-electron chi connectivity index (χ4n) is 1.40. The highest BCUT2D eigenvalue weighted by Crippen LogP contribution is 2.16. The van der Waals surface area contributed by atoms with E-state index in [0.717, 1.165) is 17.5 Å². The molecule has 0 aromatic carbocycles. The molecule has 1 aliphatic carbocycles. The molecule has 0 spiro atoms. The van der Waals surface area contributed by atoms with E-state index in [1.54, 1.807) is 0 Å². The molecule has 0 saturated heterocycles. The minimum Gasteiger partial charge on any atom is -0.154 e. The van der Waals surface area contributed by atoms with Crippen LogP contribution < -0.4 is 10.6 Å². The highest BCUT2D eigenvalue weighted by Gasteiger charge is 2.15. The van der Waals surface area contributed by atoms with Gasteiger partial charge in [-0.1, -0.05) is 32.9 Å². The largest absolute Gasteiger partial charge is 0.154 e. The molecule has 0 unspecified atom stereocenters. The molecule has 0 aliphatic heterocycles. The van der Waals surface area contributed by atoms with Gasteiger partial charge in [-0.2, -0.15) is 10.2 Å². The van der Waals surface area contributed by atoms with Crippen molar-refractivity contribution in [3.63, 3.8) is 0 Å². The van der Waals surface area contributed by atoms with Crippen LogP contribution >= 0.6 is 0 Å². The lowest BCUT2D eigenvalue weighted by Gasteiger charge is -2.15. The van der Waals surface area contributed by atoms with E-state index in [2.05, 4.69) is 49.2 Å². The number of hydrogen-bond acceptors (Lipinski definition) is 2. The molecule has 2 nitrogen and oxygen atoms in total. The summed E-state index contributed by atoms with van der Waals surface area (Å²) >= 11 is 0. The van der Waals surface area contributed by atoms with E-state index >= 15 is 0 Å². The maximum absolute atomic E-state index is 4.22. The Bertz CT molecular complexity index is 438. The first-order valence-electron chi connectivity index (χ1n) is 4.62. The van der Waals surface area contributed by atoms with Crippen molar-refractivity contribution >= 4 is 12.2 Å². The lowest BCUT2D eigenvalue weighted by molar-refractivity contribution is 0.556. The predicted octanol–water partition coefficient (Wildman–Crippen LogP) is 0.739. The molecule has 13 heavy (non-hydrogen) atoms. The van der Waals surface area contributed by atoms with E-state index in [0.29, 0.717) is 0 Å². The summed E-state index contributed by atoms with van der Waals surface area (Å²) in [6.07, 6.45) is 5.30. The average molecular weight is 174 g/mol. The number of fused-ring (bicyclic) bond motifs is 1. The molecule has 1 aliphatic rings. The second-order valence-corrected chi connectivity index (χ2v) is 4.46. The molecular formula is C11H14N2. The summed E-state index contributed by atoms with van der Waals surface area (Å²) in [6, 6.07) is 2.14. The second kappa shape index (κ2) is 2.66. The van der Waals surface area contributed by atoms with Crippen molar-refractivity contribution in [2.75, 3.05) is 0 Å². The summed E-state index contributed by atoms with van der Waals surface area (Å²) in [5.74, 6) is 0. The monoisotopic (exact) mass is 174 g/mol. The van der Waals surface area contributed by atoms with Crippen LogP contribution in [0.15, 0.2) is 6.07 Å². The van der Waals surface area contributed by atoms with Gasteiger partial charge in [-0.15, -0.1) is 0 Å². The van der Waals surface area contributed by atoms with Gasteiger partial charge in [-0.05, 0) is 17.7 Å². The highest BCUT2D eigenvalue weighted by atomic mass is 15.1. The zero-order valence-corrected chi connectivity index (χ0v) is 8.33. The Morgan fingerprint density at radius 2 is 1.92 bits per heavy atom. The van der Waals surface area contributed by atoms with Crippen LogP contribution in [0.3, 0.4) is 0 Å². The first-order valence-corrected chi connectivity index (χ1v) is 4.62. The van der Waals surface area contributed by atoms with Crippen molar-refractivity contribution in [1.29, 1.82) is 0 Å². The van der Waals surface area contributed by atoms with Crippen LogP contribution in [0.2, 0.25) is 0 Å². The van der Waals surface area contributed by atoms with Crippen LogP contribution in [0.25, 0.3) is 12.2 Å². The first-order chi connectivity index (χ1) is 6.07. The van der Waals surface area contributed by atoms with Crippen LogP contribution in [0, 0.1) is 0 Å². The Morgan fingerprint density at radius 3 is 2.62 bits per heavy atom. The summed E-state index contributed by atoms with van der Waals surface area (Å²) in [5, 5.41) is 10.7. The SMILES string of the molecule is CC(C)(C)c1cc2c(nn1)=CCC=2. The van der Waals surface area contributed by atoms with Gasteiger partial charge in [0.15, 0.2) is 0 Å². The summed E-state index contributed by atoms with van der Waals surface area (Å²) in [6.45, 7) is 6.46. The Kier molecular flexibility index (Phi) is 1.72. The van der Waals surface area contributed by atoms with E-state index < -0.39 is 0 Å². The van der Waals surface area contributed by atoms with Gasteiger partial charge in [0.2, 0.25) is 0 Å². The lowest BCUT2D eigenvalue weighted by atomic mass is 9.92. The van der Waals surface area contributed by atoms with E-state index in [9.17, 15) is 0 Å². The van der Waals surface area contributed by atoms with Crippen LogP contribution in [-0.4, -0.2) is 10.2 Å². The molecule has 1 aromatic heterocycles. The maximum atomic E-state index is 4.22. The Balaban J connectivity index is 2.62. The molecular weight excluding hydrogens is 160 g/mol. The van der Waals surface area contributed by atoms with Crippen LogP contribution in [0.4, 0.5) is 0 Å². The topological polar surface area (TPSA) is 25.8 Å². The van der Waals surface area contributed by atoms with Crippen molar-refractivity contribution < 1.29 is 0 Å². The zero-order chi connectivity index (χ0) is 9.47. The van der Waals surface area contributed by atoms with Crippen LogP contribution in [-0.2, 0) is 5.41 Å². The minimum absolute atomic E-state index is 0.0957. The summed E-state index contributed by atoms with van der Waals surface area (Å²) in [7, 11) is 0. The van der Waals surface area contributed by atoms with Crippen LogP contribution in [0.5, 0.6) is 0 Å². The van der Waals surface area contributed by atoms with E-state index in [4.69, 9.17) is 0 Å². The zero-order valence-electron chi connectivity index (χ0n) is 8.33. The highest BCUT2D eigenvalue weighted by molar-refractivity contribution is 5.44. The number of rotatable bonds is 0. The Hall–Kier alpha value is -1.18. The quantitative estimate of drug-likeness (QED) is 0.579. The van der Waals surface area contributed by atoms with Crippen molar-refractivity contribution in [1.82, 2.24) is 10.2 Å². The fourth-order valence-corrected chi connectivity index (χ4v) is 1.40. The van der Waals surface area contributed by atoms with E-state index in [1.807, 2.05) is 0 Å². The van der Waals surface area contributed by atoms with Gasteiger partial charge in [0.25, 0.3) is 0 Å². The van der Waals surface area contributed by atoms with Gasteiger partial charge in [0.05, 0.1) is 11.0 Å². The van der Waals surface area contributed by atoms with Crippen molar-refractivity contribution in [2.45, 2.75) is 32.6 Å². The average Bonchev–Trinajstić information content (AvgIpc) is 2.47. The lowest BCUT2D eigenvalue weighted by Crippen LogP contribution is -2.30. The number of aromatic nitrogens is 2. The van der Waals surface area contributed by atoms with Gasteiger partial charge < -0.3 is 0 Å². The third kappa shape index (κ3) is 1.48. The van der Waals surface area contributed by atoms with Crippen molar-refractivity contribution in [3.05, 3.63) is 22.3 Å². The predicted molar refractivity (Wildman–Crippen MR) is 53.5 cm³/mol. The second-order valence-electron chi connectivity index (χ2n) is 4.46. The first kappa shape index (κ1) is 8.42. The third-order valence-electron chi connectivity index (χ3n) is 2.27. The van der Waals surface area contributed by atoms with Gasteiger partial charge in [0, 0.05) is 5.41 Å². The number of nitrogens with zero attached hydrogens (tertiary/aromatic N) is 2. The van der Waals surface area contributed by atoms with Gasteiger partial charge in [-0.25, -0.2) is 0 Å². The number of hydrogen-bond donors (Lipinski definition) is 0. The molecule has 0 radical (unpaired) electrons. The molecule has 0 fully saturated rings. The molecule has 2 heteroatoms. The van der Waals surface area contributed by atoms with Gasteiger partial charge in [0.1, 0.15) is 0 Å². The fraction of sp³-hybridized carbons (Fsp3) is 0.455. The summed E-state index contributed by atoms with van der Waals surface area (Å²) in [5.41, 5.74) is 1.16. The summed E-state index contributed by atoms with van der Waals surface area (Å²) < 4.78 is 0. The third-order valence-corrected chi connectivity index (χ3v) is 2.27. The smallest absolute Gasteiger partial charge is 0.0890 e. The molecule has 0 atom stereocenters. The van der Waals surface area contributed by atoms with E-state index in [1.165, 1.54) is 5.22 Å². The van der Waals surface area contributed by atoms with E-state index in [-0.39, 0.29) is 5.41 Å². The van der Waals surface area contributed by atoms with Crippen LogP contribution in [0.1, 0.15) is 32.9 Å². The maximum Gasteiger partial charge on any atom is 0.0890 e. The Morgan fingerprint density at radius 1 is 1.15 bits per heavy atom. The normalized spacial score (nSPS) is 14.7. The molecule has 1 heterocycles. The van der Waals surface area contributed by atoms with Crippen molar-refractivity contribution in [3.8, 4) is 0 Å². The minimum atomic E-state index is 0.0957. The van der Waals surface area contributed by atoms with Crippen molar-refractivity contribution in [2.24, 2.45) is 0 Å².